The number of esters is 1. The van der Waals surface area contributed by atoms with Gasteiger partial charge in [-0.2, -0.15) is 0 Å². The number of methoxy groups -OCH3 is 2. The summed E-state index contributed by atoms with van der Waals surface area (Å²) < 4.78 is 15.5. The van der Waals surface area contributed by atoms with Crippen LogP contribution in [0.1, 0.15) is 44.0 Å². The van der Waals surface area contributed by atoms with Gasteiger partial charge in [-0.15, -0.1) is 0 Å². The predicted molar refractivity (Wildman–Crippen MR) is 87.9 cm³/mol. The zero-order chi connectivity index (χ0) is 17.5. The highest BCUT2D eigenvalue weighted by Gasteiger charge is 2.32. The highest BCUT2D eigenvalue weighted by Crippen LogP contribution is 2.25. The van der Waals surface area contributed by atoms with Gasteiger partial charge >= 0.3 is 5.97 Å². The highest BCUT2D eigenvalue weighted by molar-refractivity contribution is 5.99. The highest BCUT2D eigenvalue weighted by atomic mass is 16.5. The standard InChI is InChI=1S/C17H25NO5/c1-6-10-17(3,22-5)16(20)18-12-8-9-14(21-4)13(11-12)15(19)23-7-2/h8-9,11H,6-7,10H2,1-5H3,(H,18,20)/t17-/m0/s1. The fourth-order valence-electron chi connectivity index (χ4n) is 2.20. The molecule has 0 spiro atoms. The molecule has 0 aliphatic heterocycles. The van der Waals surface area contributed by atoms with Crippen molar-refractivity contribution in [3.05, 3.63) is 23.8 Å². The molecule has 0 saturated carbocycles. The molecule has 1 aromatic rings. The summed E-state index contributed by atoms with van der Waals surface area (Å²) >= 11 is 0. The fraction of sp³-hybridized carbons (Fsp3) is 0.529. The second kappa shape index (κ2) is 8.53. The molecule has 1 amide bonds. The summed E-state index contributed by atoms with van der Waals surface area (Å²) in [5.74, 6) is -0.366. The third-order valence-corrected chi connectivity index (χ3v) is 3.61. The number of carbonyl (C=O) groups is 2. The first-order valence-corrected chi connectivity index (χ1v) is 7.63. The molecule has 6 heteroatoms. The number of hydrogen-bond donors (Lipinski definition) is 1. The van der Waals surface area contributed by atoms with Crippen LogP contribution in [-0.4, -0.2) is 38.3 Å². The maximum Gasteiger partial charge on any atom is 0.341 e. The summed E-state index contributed by atoms with van der Waals surface area (Å²) in [6.45, 7) is 5.71. The van der Waals surface area contributed by atoms with Crippen LogP contribution in [0.5, 0.6) is 5.75 Å². The Bertz CT molecular complexity index is 558. The van der Waals surface area contributed by atoms with Gasteiger partial charge in [0.1, 0.15) is 16.9 Å². The Kier molecular flexibility index (Phi) is 7.03. The predicted octanol–water partition coefficient (Wildman–Crippen LogP) is 3.02. The van der Waals surface area contributed by atoms with Gasteiger partial charge in [0.2, 0.25) is 0 Å². The summed E-state index contributed by atoms with van der Waals surface area (Å²) in [7, 11) is 2.98. The summed E-state index contributed by atoms with van der Waals surface area (Å²) in [6, 6.07) is 4.82. The molecule has 0 saturated heterocycles. The van der Waals surface area contributed by atoms with Crippen molar-refractivity contribution in [1.82, 2.24) is 0 Å². The molecule has 0 aliphatic carbocycles. The van der Waals surface area contributed by atoms with Crippen molar-refractivity contribution in [1.29, 1.82) is 0 Å². The topological polar surface area (TPSA) is 73.9 Å². The maximum atomic E-state index is 12.4. The van der Waals surface area contributed by atoms with Crippen LogP contribution >= 0.6 is 0 Å². The summed E-state index contributed by atoms with van der Waals surface area (Å²) in [5.41, 5.74) is -0.168. The molecule has 6 nitrogen and oxygen atoms in total. The second-order valence-corrected chi connectivity index (χ2v) is 5.27. The third kappa shape index (κ3) is 4.69. The molecule has 1 aromatic carbocycles. The quantitative estimate of drug-likeness (QED) is 0.744. The lowest BCUT2D eigenvalue weighted by molar-refractivity contribution is -0.136. The average molecular weight is 323 g/mol. The van der Waals surface area contributed by atoms with Crippen molar-refractivity contribution in [2.45, 2.75) is 39.2 Å². The molecule has 1 rings (SSSR count). The molecule has 0 radical (unpaired) electrons. The molecule has 1 atom stereocenters. The van der Waals surface area contributed by atoms with Crippen molar-refractivity contribution in [3.63, 3.8) is 0 Å². The lowest BCUT2D eigenvalue weighted by Gasteiger charge is -2.26. The number of hydrogen-bond acceptors (Lipinski definition) is 5. The van der Waals surface area contributed by atoms with E-state index in [1.165, 1.54) is 20.3 Å². The fourth-order valence-corrected chi connectivity index (χ4v) is 2.20. The SMILES string of the molecule is CCC[C@](C)(OC)C(=O)Nc1ccc(OC)c(C(=O)OCC)c1. The summed E-state index contributed by atoms with van der Waals surface area (Å²) in [4.78, 5) is 24.4. The van der Waals surface area contributed by atoms with Crippen LogP contribution in [0, 0.1) is 0 Å². The van der Waals surface area contributed by atoms with E-state index in [-0.39, 0.29) is 18.1 Å². The van der Waals surface area contributed by atoms with E-state index in [9.17, 15) is 9.59 Å². The minimum Gasteiger partial charge on any atom is -0.496 e. The number of ether oxygens (including phenoxy) is 3. The van der Waals surface area contributed by atoms with Crippen LogP contribution < -0.4 is 10.1 Å². The van der Waals surface area contributed by atoms with Gasteiger partial charge in [0, 0.05) is 12.8 Å². The van der Waals surface area contributed by atoms with E-state index in [1.54, 1.807) is 26.0 Å². The van der Waals surface area contributed by atoms with E-state index in [1.807, 2.05) is 6.92 Å². The zero-order valence-corrected chi connectivity index (χ0v) is 14.4. The van der Waals surface area contributed by atoms with E-state index in [0.29, 0.717) is 17.9 Å². The number of benzene rings is 1. The number of carbonyl (C=O) groups excluding carboxylic acids is 2. The Balaban J connectivity index is 3.03. The van der Waals surface area contributed by atoms with Gasteiger partial charge in [0.25, 0.3) is 5.91 Å². The Morgan fingerprint density at radius 1 is 1.22 bits per heavy atom. The Morgan fingerprint density at radius 2 is 1.91 bits per heavy atom. The molecule has 0 heterocycles. The minimum atomic E-state index is -0.918. The zero-order valence-electron chi connectivity index (χ0n) is 14.4. The van der Waals surface area contributed by atoms with E-state index >= 15 is 0 Å². The third-order valence-electron chi connectivity index (χ3n) is 3.61. The lowest BCUT2D eigenvalue weighted by atomic mass is 9.99. The number of anilines is 1. The van der Waals surface area contributed by atoms with Crippen LogP contribution in [0.25, 0.3) is 0 Å². The minimum absolute atomic E-state index is 0.261. The van der Waals surface area contributed by atoms with Crippen LogP contribution in [0.2, 0.25) is 0 Å². The van der Waals surface area contributed by atoms with Crippen molar-refractivity contribution in [2.75, 3.05) is 26.1 Å². The first-order valence-electron chi connectivity index (χ1n) is 7.63. The van der Waals surface area contributed by atoms with Crippen LogP contribution in [0.3, 0.4) is 0 Å². The van der Waals surface area contributed by atoms with E-state index in [4.69, 9.17) is 14.2 Å². The van der Waals surface area contributed by atoms with Gasteiger partial charge in [-0.05, 0) is 38.5 Å². The number of amides is 1. The molecule has 0 fully saturated rings. The van der Waals surface area contributed by atoms with Crippen LogP contribution in [0.4, 0.5) is 5.69 Å². The average Bonchev–Trinajstić information content (AvgIpc) is 2.55. The lowest BCUT2D eigenvalue weighted by Crippen LogP contribution is -2.41. The normalized spacial score (nSPS) is 13.1. The van der Waals surface area contributed by atoms with Gasteiger partial charge in [-0.1, -0.05) is 13.3 Å². The molecule has 23 heavy (non-hydrogen) atoms. The van der Waals surface area contributed by atoms with E-state index in [2.05, 4.69) is 5.32 Å². The smallest absolute Gasteiger partial charge is 0.341 e. The first-order chi connectivity index (χ1) is 10.9. The van der Waals surface area contributed by atoms with Crippen LogP contribution in [-0.2, 0) is 14.3 Å². The van der Waals surface area contributed by atoms with Crippen molar-refractivity contribution < 1.29 is 23.8 Å². The van der Waals surface area contributed by atoms with Gasteiger partial charge < -0.3 is 19.5 Å². The number of rotatable bonds is 8. The molecule has 0 aliphatic rings. The van der Waals surface area contributed by atoms with Crippen LogP contribution in [0.15, 0.2) is 18.2 Å². The molecular weight excluding hydrogens is 298 g/mol. The van der Waals surface area contributed by atoms with Crippen molar-refractivity contribution >= 4 is 17.6 Å². The molecule has 0 aromatic heterocycles. The van der Waals surface area contributed by atoms with E-state index < -0.39 is 11.6 Å². The van der Waals surface area contributed by atoms with E-state index in [0.717, 1.165) is 6.42 Å². The molecular formula is C17H25NO5. The molecule has 1 N–H and O–H groups in total. The monoisotopic (exact) mass is 323 g/mol. The van der Waals surface area contributed by atoms with Gasteiger partial charge in [-0.25, -0.2) is 4.79 Å². The first kappa shape index (κ1) is 19.0. The van der Waals surface area contributed by atoms with Crippen molar-refractivity contribution in [2.24, 2.45) is 0 Å². The van der Waals surface area contributed by atoms with Gasteiger partial charge in [-0.3, -0.25) is 4.79 Å². The Labute approximate surface area is 137 Å². The summed E-state index contributed by atoms with van der Waals surface area (Å²) in [6.07, 6.45) is 1.41. The molecule has 128 valence electrons. The maximum absolute atomic E-state index is 12.4. The molecule has 0 bridgehead atoms. The van der Waals surface area contributed by atoms with Gasteiger partial charge in [0.05, 0.1) is 13.7 Å². The second-order valence-electron chi connectivity index (χ2n) is 5.27. The number of nitrogens with one attached hydrogen (secondary N) is 1. The Hall–Kier alpha value is -2.08. The largest absolute Gasteiger partial charge is 0.496 e. The van der Waals surface area contributed by atoms with Gasteiger partial charge in [0.15, 0.2) is 0 Å². The Morgan fingerprint density at radius 3 is 2.43 bits per heavy atom. The summed E-state index contributed by atoms with van der Waals surface area (Å²) in [5, 5.41) is 2.78. The molecule has 0 unspecified atom stereocenters. The van der Waals surface area contributed by atoms with Crippen molar-refractivity contribution in [3.8, 4) is 5.75 Å².